The molecule has 23 heavy (non-hydrogen) atoms. The largest absolute Gasteiger partial charge is 0.363 e. The highest BCUT2D eigenvalue weighted by atomic mass is 35.5. The van der Waals surface area contributed by atoms with Crippen molar-refractivity contribution in [3.05, 3.63) is 29.3 Å². The maximum Gasteiger partial charge on any atom is 0.248 e. The minimum absolute atomic E-state index is 0.0401. The van der Waals surface area contributed by atoms with Gasteiger partial charge in [-0.15, -0.1) is 0 Å². The molecule has 0 aliphatic carbocycles. The predicted molar refractivity (Wildman–Crippen MR) is 85.8 cm³/mol. The molecule has 8 heteroatoms. The number of morpholine rings is 1. The summed E-state index contributed by atoms with van der Waals surface area (Å²) in [5.74, 6) is -0.0401. The van der Waals surface area contributed by atoms with E-state index in [1.807, 2.05) is 0 Å². The zero-order valence-corrected chi connectivity index (χ0v) is 14.4. The highest BCUT2D eigenvalue weighted by molar-refractivity contribution is 7.89. The van der Waals surface area contributed by atoms with Gasteiger partial charge in [-0.3, -0.25) is 4.79 Å². The van der Waals surface area contributed by atoms with Crippen LogP contribution >= 0.6 is 11.6 Å². The molecule has 0 radical (unpaired) electrons. The van der Waals surface area contributed by atoms with Crippen LogP contribution in [-0.2, 0) is 19.6 Å². The molecule has 2 aliphatic rings. The first-order valence-corrected chi connectivity index (χ1v) is 9.29. The second kappa shape index (κ2) is 6.05. The number of halogens is 1. The Morgan fingerprint density at radius 1 is 1.22 bits per heavy atom. The normalized spacial score (nSPS) is 22.5. The van der Waals surface area contributed by atoms with E-state index in [1.54, 1.807) is 30.1 Å². The molecule has 6 nitrogen and oxygen atoms in total. The van der Waals surface area contributed by atoms with E-state index in [9.17, 15) is 13.2 Å². The summed E-state index contributed by atoms with van der Waals surface area (Å²) >= 11 is 6.03. The predicted octanol–water partition coefficient (Wildman–Crippen LogP) is 1.35. The summed E-state index contributed by atoms with van der Waals surface area (Å²) in [4.78, 5) is 13.3. The number of ether oxygens (including phenoxy) is 1. The van der Waals surface area contributed by atoms with Gasteiger partial charge in [0.05, 0.1) is 10.6 Å². The van der Waals surface area contributed by atoms with Gasteiger partial charge in [0.25, 0.3) is 0 Å². The molecule has 126 valence electrons. The second-order valence-corrected chi connectivity index (χ2v) is 8.37. The molecule has 2 fully saturated rings. The summed E-state index contributed by atoms with van der Waals surface area (Å²) < 4.78 is 32.6. The highest BCUT2D eigenvalue weighted by Crippen LogP contribution is 2.33. The first-order valence-electron chi connectivity index (χ1n) is 7.47. The van der Waals surface area contributed by atoms with Crippen LogP contribution in [0.15, 0.2) is 29.2 Å². The molecule has 2 saturated heterocycles. The highest BCUT2D eigenvalue weighted by Gasteiger charge is 2.43. The minimum Gasteiger partial charge on any atom is -0.363 e. The fraction of sp³-hybridized carbons (Fsp3) is 0.533. The molecule has 1 spiro atoms. The Kier molecular flexibility index (Phi) is 4.39. The van der Waals surface area contributed by atoms with Gasteiger partial charge in [0, 0.05) is 26.7 Å². The van der Waals surface area contributed by atoms with E-state index in [1.165, 1.54) is 10.4 Å². The summed E-state index contributed by atoms with van der Waals surface area (Å²) in [6, 6.07) is 6.46. The van der Waals surface area contributed by atoms with E-state index in [4.69, 9.17) is 16.3 Å². The van der Waals surface area contributed by atoms with Crippen molar-refractivity contribution in [2.75, 3.05) is 33.3 Å². The Bertz CT molecular complexity index is 714. The van der Waals surface area contributed by atoms with Gasteiger partial charge in [0.15, 0.2) is 0 Å². The van der Waals surface area contributed by atoms with Crippen LogP contribution in [0, 0.1) is 0 Å². The van der Waals surface area contributed by atoms with Crippen molar-refractivity contribution in [2.24, 2.45) is 0 Å². The molecular formula is C15H19ClN2O4S. The average Bonchev–Trinajstić information content (AvgIpc) is 2.52. The van der Waals surface area contributed by atoms with Gasteiger partial charge in [-0.05, 0) is 25.0 Å². The lowest BCUT2D eigenvalue weighted by molar-refractivity contribution is -0.167. The van der Waals surface area contributed by atoms with Crippen LogP contribution in [-0.4, -0.2) is 62.4 Å². The number of hydrogen-bond donors (Lipinski definition) is 0. The van der Waals surface area contributed by atoms with Crippen molar-refractivity contribution >= 4 is 27.5 Å². The Hall–Kier alpha value is -1.15. The molecule has 1 amide bonds. The third-order valence-corrected chi connectivity index (χ3v) is 6.94. The summed E-state index contributed by atoms with van der Waals surface area (Å²) in [5, 5.41) is 0.229. The summed E-state index contributed by atoms with van der Waals surface area (Å²) in [7, 11) is -1.86. The number of carbonyl (C=O) groups excluding carboxylic acids is 1. The van der Waals surface area contributed by atoms with E-state index in [-0.39, 0.29) is 22.4 Å². The fourth-order valence-corrected chi connectivity index (χ4v) is 5.06. The number of sulfonamides is 1. The molecule has 3 rings (SSSR count). The van der Waals surface area contributed by atoms with Crippen LogP contribution in [0.1, 0.15) is 12.8 Å². The molecule has 0 unspecified atom stereocenters. The molecule has 1 aromatic carbocycles. The fourth-order valence-electron chi connectivity index (χ4n) is 3.12. The molecule has 0 N–H and O–H groups in total. The number of piperidine rings is 1. The van der Waals surface area contributed by atoms with Crippen molar-refractivity contribution in [1.82, 2.24) is 9.21 Å². The van der Waals surface area contributed by atoms with Crippen LogP contribution in [0.3, 0.4) is 0 Å². The van der Waals surface area contributed by atoms with E-state index in [0.717, 1.165) is 0 Å². The van der Waals surface area contributed by atoms with Crippen LogP contribution < -0.4 is 0 Å². The molecule has 0 bridgehead atoms. The van der Waals surface area contributed by atoms with Crippen molar-refractivity contribution in [3.8, 4) is 0 Å². The van der Waals surface area contributed by atoms with Crippen LogP contribution in [0.25, 0.3) is 0 Å². The molecule has 0 aromatic heterocycles. The minimum atomic E-state index is -3.61. The molecule has 2 heterocycles. The molecule has 2 aliphatic heterocycles. The Morgan fingerprint density at radius 2 is 1.87 bits per heavy atom. The Morgan fingerprint density at radius 3 is 2.48 bits per heavy atom. The number of nitrogens with zero attached hydrogens (tertiary/aromatic N) is 2. The molecular weight excluding hydrogens is 340 g/mol. The third kappa shape index (κ3) is 3.10. The molecule has 0 saturated carbocycles. The van der Waals surface area contributed by atoms with Crippen LogP contribution in [0.4, 0.5) is 0 Å². The van der Waals surface area contributed by atoms with Crippen molar-refractivity contribution < 1.29 is 17.9 Å². The number of carbonyl (C=O) groups is 1. The van der Waals surface area contributed by atoms with Crippen molar-refractivity contribution in [3.63, 3.8) is 0 Å². The number of hydrogen-bond acceptors (Lipinski definition) is 4. The van der Waals surface area contributed by atoms with E-state index >= 15 is 0 Å². The van der Waals surface area contributed by atoms with Gasteiger partial charge in [0.1, 0.15) is 11.5 Å². The average molecular weight is 359 g/mol. The number of benzene rings is 1. The molecule has 1 aromatic rings. The van der Waals surface area contributed by atoms with Gasteiger partial charge in [-0.2, -0.15) is 4.31 Å². The zero-order valence-electron chi connectivity index (χ0n) is 12.9. The van der Waals surface area contributed by atoms with Crippen LogP contribution in [0.2, 0.25) is 5.02 Å². The van der Waals surface area contributed by atoms with Gasteiger partial charge < -0.3 is 9.64 Å². The Balaban J connectivity index is 1.74. The number of rotatable bonds is 2. The van der Waals surface area contributed by atoms with Gasteiger partial charge in [-0.1, -0.05) is 23.7 Å². The Labute approximate surface area is 141 Å². The lowest BCUT2D eigenvalue weighted by Crippen LogP contribution is -2.58. The SMILES string of the molecule is CN1CC2(CCN(S(=O)(=O)c3ccccc3Cl)CC2)OCC1=O. The first kappa shape index (κ1) is 16.7. The lowest BCUT2D eigenvalue weighted by atomic mass is 9.90. The number of amides is 1. The summed E-state index contributed by atoms with van der Waals surface area (Å²) in [6.07, 6.45) is 1.13. The third-order valence-electron chi connectivity index (χ3n) is 4.54. The number of likely N-dealkylation sites (N-methyl/N-ethyl adjacent to an activating group) is 1. The lowest BCUT2D eigenvalue weighted by Gasteiger charge is -2.45. The topological polar surface area (TPSA) is 66.9 Å². The second-order valence-electron chi connectivity index (χ2n) is 6.06. The van der Waals surface area contributed by atoms with Crippen LogP contribution in [0.5, 0.6) is 0 Å². The summed E-state index contributed by atoms with van der Waals surface area (Å²) in [5.41, 5.74) is -0.435. The molecule has 0 atom stereocenters. The van der Waals surface area contributed by atoms with E-state index < -0.39 is 15.6 Å². The van der Waals surface area contributed by atoms with E-state index in [0.29, 0.717) is 32.5 Å². The van der Waals surface area contributed by atoms with Crippen molar-refractivity contribution in [1.29, 1.82) is 0 Å². The van der Waals surface area contributed by atoms with E-state index in [2.05, 4.69) is 0 Å². The smallest absolute Gasteiger partial charge is 0.248 e. The summed E-state index contributed by atoms with van der Waals surface area (Å²) in [6.45, 7) is 1.28. The maximum atomic E-state index is 12.7. The zero-order chi connectivity index (χ0) is 16.7. The van der Waals surface area contributed by atoms with Gasteiger partial charge in [-0.25, -0.2) is 8.42 Å². The first-order chi connectivity index (χ1) is 10.8. The maximum absolute atomic E-state index is 12.7. The monoisotopic (exact) mass is 358 g/mol. The van der Waals surface area contributed by atoms with Crippen molar-refractivity contribution in [2.45, 2.75) is 23.3 Å². The standard InChI is InChI=1S/C15H19ClN2O4S/c1-17-11-15(22-10-14(17)19)6-8-18(9-7-15)23(20,21)13-5-3-2-4-12(13)16/h2-5H,6-11H2,1H3. The van der Waals surface area contributed by atoms with Gasteiger partial charge in [0.2, 0.25) is 15.9 Å². The quantitative estimate of drug-likeness (QED) is 0.800. The van der Waals surface area contributed by atoms with Gasteiger partial charge >= 0.3 is 0 Å².